The number of carbonyl (C=O) groups is 3. The van der Waals surface area contributed by atoms with E-state index in [1.54, 1.807) is 25.7 Å². The van der Waals surface area contributed by atoms with Crippen molar-refractivity contribution in [3.05, 3.63) is 34.9 Å². The molecule has 0 aromatic heterocycles. The third-order valence-electron chi connectivity index (χ3n) is 5.05. The first-order valence-electron chi connectivity index (χ1n) is 11.1. The van der Waals surface area contributed by atoms with Crippen molar-refractivity contribution in [2.24, 2.45) is 0 Å². The summed E-state index contributed by atoms with van der Waals surface area (Å²) in [6, 6.07) is 4.07. The summed E-state index contributed by atoms with van der Waals surface area (Å²) in [5, 5.41) is 5.61. The van der Waals surface area contributed by atoms with Crippen molar-refractivity contribution in [2.75, 3.05) is 5.75 Å². The largest absolute Gasteiger partial charge is 0.444 e. The Bertz CT molecular complexity index is 846. The third-order valence-corrected chi connectivity index (χ3v) is 5.42. The fourth-order valence-electron chi connectivity index (χ4n) is 3.52. The Kier molecular flexibility index (Phi) is 8.62. The van der Waals surface area contributed by atoms with Gasteiger partial charge in [-0.2, -0.15) is 12.6 Å². The van der Waals surface area contributed by atoms with Crippen molar-refractivity contribution in [3.63, 3.8) is 0 Å². The molecule has 1 aliphatic carbocycles. The summed E-state index contributed by atoms with van der Waals surface area (Å²) in [6.07, 6.45) is 0.942. The van der Waals surface area contributed by atoms with Crippen LogP contribution < -0.4 is 10.6 Å². The number of nitrogens with zero attached hydrogens (tertiary/aromatic N) is 1. The van der Waals surface area contributed by atoms with E-state index in [0.717, 1.165) is 29.5 Å². The molecule has 1 aliphatic rings. The van der Waals surface area contributed by atoms with Crippen LogP contribution in [-0.2, 0) is 14.3 Å². The summed E-state index contributed by atoms with van der Waals surface area (Å²) in [5.41, 5.74) is 2.04. The molecule has 2 atom stereocenters. The summed E-state index contributed by atoms with van der Waals surface area (Å²) < 4.78 is 5.32. The van der Waals surface area contributed by atoms with Crippen LogP contribution in [-0.4, -0.2) is 52.3 Å². The van der Waals surface area contributed by atoms with Crippen LogP contribution in [0, 0.1) is 13.8 Å². The molecule has 1 saturated carbocycles. The van der Waals surface area contributed by atoms with Crippen LogP contribution in [0.1, 0.15) is 70.2 Å². The van der Waals surface area contributed by atoms with Gasteiger partial charge in [-0.05, 0) is 72.4 Å². The topological polar surface area (TPSA) is 87.7 Å². The first-order valence-corrected chi connectivity index (χ1v) is 11.8. The Hall–Kier alpha value is -2.22. The van der Waals surface area contributed by atoms with Gasteiger partial charge < -0.3 is 20.3 Å². The van der Waals surface area contributed by atoms with Gasteiger partial charge in [0.2, 0.25) is 11.8 Å². The predicted octanol–water partition coefficient (Wildman–Crippen LogP) is 3.68. The number of aryl methyl sites for hydroxylation is 2. The highest BCUT2D eigenvalue weighted by Gasteiger charge is 2.44. The second kappa shape index (κ2) is 10.6. The zero-order valence-corrected chi connectivity index (χ0v) is 21.1. The smallest absolute Gasteiger partial charge is 0.408 e. The molecule has 0 saturated heterocycles. The lowest BCUT2D eigenvalue weighted by molar-refractivity contribution is -0.143. The van der Waals surface area contributed by atoms with Crippen molar-refractivity contribution in [2.45, 2.75) is 91.1 Å². The molecule has 2 unspecified atom stereocenters. The van der Waals surface area contributed by atoms with E-state index in [1.807, 2.05) is 45.9 Å². The van der Waals surface area contributed by atoms with Gasteiger partial charge in [0.1, 0.15) is 17.7 Å². The molecule has 7 nitrogen and oxygen atoms in total. The maximum Gasteiger partial charge on any atom is 0.408 e. The monoisotopic (exact) mass is 463 g/mol. The minimum Gasteiger partial charge on any atom is -0.444 e. The molecule has 1 aromatic rings. The average molecular weight is 464 g/mol. The molecule has 8 heteroatoms. The summed E-state index contributed by atoms with van der Waals surface area (Å²) in [5.74, 6) is -0.477. The third kappa shape index (κ3) is 7.15. The normalized spacial score (nSPS) is 15.7. The molecular weight excluding hydrogens is 426 g/mol. The molecular formula is C24H37N3O4S. The lowest BCUT2D eigenvalue weighted by Crippen LogP contribution is -2.55. The van der Waals surface area contributed by atoms with Crippen molar-refractivity contribution in [1.82, 2.24) is 15.5 Å². The average Bonchev–Trinajstić information content (AvgIpc) is 3.48. The first-order chi connectivity index (χ1) is 14.8. The van der Waals surface area contributed by atoms with E-state index in [4.69, 9.17) is 4.74 Å². The summed E-state index contributed by atoms with van der Waals surface area (Å²) >= 11 is 4.31. The van der Waals surface area contributed by atoms with Crippen LogP contribution in [0.4, 0.5) is 4.79 Å². The lowest BCUT2D eigenvalue weighted by atomic mass is 9.96. The number of carbonyl (C=O) groups excluding carboxylic acids is 3. The maximum absolute atomic E-state index is 13.7. The zero-order chi connectivity index (χ0) is 24.2. The minimum atomic E-state index is -0.909. The van der Waals surface area contributed by atoms with Crippen LogP contribution in [0.15, 0.2) is 18.2 Å². The van der Waals surface area contributed by atoms with E-state index in [0.29, 0.717) is 0 Å². The highest BCUT2D eigenvalue weighted by atomic mass is 32.1. The number of alkyl carbamates (subject to hydrolysis) is 1. The first kappa shape index (κ1) is 26.0. The molecule has 178 valence electrons. The molecule has 0 radical (unpaired) electrons. The lowest BCUT2D eigenvalue weighted by Gasteiger charge is -2.35. The number of rotatable bonds is 8. The number of nitrogens with one attached hydrogen (secondary N) is 2. The number of amides is 3. The van der Waals surface area contributed by atoms with E-state index in [1.165, 1.54) is 0 Å². The summed E-state index contributed by atoms with van der Waals surface area (Å²) in [7, 11) is 0. The van der Waals surface area contributed by atoms with Gasteiger partial charge in [0.25, 0.3) is 0 Å². The van der Waals surface area contributed by atoms with Crippen LogP contribution in [0.25, 0.3) is 0 Å². The van der Waals surface area contributed by atoms with Gasteiger partial charge in [-0.3, -0.25) is 9.59 Å². The predicted molar refractivity (Wildman–Crippen MR) is 129 cm³/mol. The second-order valence-corrected chi connectivity index (χ2v) is 10.1. The van der Waals surface area contributed by atoms with Gasteiger partial charge in [-0.25, -0.2) is 4.79 Å². The molecule has 1 fully saturated rings. The number of benzene rings is 1. The number of hydrogen-bond acceptors (Lipinski definition) is 5. The Morgan fingerprint density at radius 3 is 2.28 bits per heavy atom. The standard InChI is InChI=1S/C24H37N3O4S/c1-14(2)25-21(28)20(18-12-15(3)8-9-16(18)4)27(17-10-11-17)22(29)19(13-32)26-23(30)31-24(5,6)7/h8-9,12,14,17,19-20,32H,10-11,13H2,1-7H3,(H,25,28)(H,26,30). The van der Waals surface area contributed by atoms with Gasteiger partial charge in [0.05, 0.1) is 0 Å². The van der Waals surface area contributed by atoms with Crippen LogP contribution in [0.3, 0.4) is 0 Å². The van der Waals surface area contributed by atoms with E-state index in [2.05, 4.69) is 23.3 Å². The molecule has 0 heterocycles. The van der Waals surface area contributed by atoms with Crippen molar-refractivity contribution in [3.8, 4) is 0 Å². The zero-order valence-electron chi connectivity index (χ0n) is 20.2. The van der Waals surface area contributed by atoms with Crippen molar-refractivity contribution >= 4 is 30.5 Å². The van der Waals surface area contributed by atoms with Crippen LogP contribution >= 0.6 is 12.6 Å². The summed E-state index contributed by atoms with van der Waals surface area (Å²) in [6.45, 7) is 13.0. The Morgan fingerprint density at radius 2 is 1.78 bits per heavy atom. The maximum atomic E-state index is 13.7. The van der Waals surface area contributed by atoms with Crippen molar-refractivity contribution in [1.29, 1.82) is 0 Å². The molecule has 1 aromatic carbocycles. The van der Waals surface area contributed by atoms with Gasteiger partial charge >= 0.3 is 6.09 Å². The number of hydrogen-bond donors (Lipinski definition) is 3. The van der Waals surface area contributed by atoms with E-state index >= 15 is 0 Å². The molecule has 3 amide bonds. The van der Waals surface area contributed by atoms with Gasteiger partial charge in [-0.1, -0.05) is 23.8 Å². The van der Waals surface area contributed by atoms with Gasteiger partial charge in [0.15, 0.2) is 0 Å². The Balaban J connectivity index is 2.43. The van der Waals surface area contributed by atoms with Gasteiger partial charge in [-0.15, -0.1) is 0 Å². The van der Waals surface area contributed by atoms with Crippen LogP contribution in [0.5, 0.6) is 0 Å². The fraction of sp³-hybridized carbons (Fsp3) is 0.625. The van der Waals surface area contributed by atoms with E-state index in [-0.39, 0.29) is 29.7 Å². The van der Waals surface area contributed by atoms with E-state index < -0.39 is 23.8 Å². The Labute approximate surface area is 197 Å². The number of ether oxygens (including phenoxy) is 1. The van der Waals surface area contributed by atoms with Gasteiger partial charge in [0, 0.05) is 17.8 Å². The molecule has 0 aliphatic heterocycles. The molecule has 2 N–H and O–H groups in total. The minimum absolute atomic E-state index is 0.0619. The Morgan fingerprint density at radius 1 is 1.16 bits per heavy atom. The highest BCUT2D eigenvalue weighted by Crippen LogP contribution is 2.37. The number of thiol groups is 1. The van der Waals surface area contributed by atoms with E-state index in [9.17, 15) is 14.4 Å². The fourth-order valence-corrected chi connectivity index (χ4v) is 3.77. The molecule has 0 bridgehead atoms. The van der Waals surface area contributed by atoms with Crippen molar-refractivity contribution < 1.29 is 19.1 Å². The SMILES string of the molecule is Cc1ccc(C)c(C(C(=O)NC(C)C)N(C(=O)C(CS)NC(=O)OC(C)(C)C)C2CC2)c1. The van der Waals surface area contributed by atoms with Crippen LogP contribution in [0.2, 0.25) is 0 Å². The summed E-state index contributed by atoms with van der Waals surface area (Å²) in [4.78, 5) is 41.0. The molecule has 0 spiro atoms. The molecule has 32 heavy (non-hydrogen) atoms. The second-order valence-electron chi connectivity index (χ2n) is 9.78. The quantitative estimate of drug-likeness (QED) is 0.513. The molecule has 2 rings (SSSR count). The highest BCUT2D eigenvalue weighted by molar-refractivity contribution is 7.80.